The average molecular weight is 252 g/mol. The zero-order valence-electron chi connectivity index (χ0n) is 10.9. The number of aryl methyl sites for hydroxylation is 2. The van der Waals surface area contributed by atoms with Gasteiger partial charge in [-0.25, -0.2) is 4.98 Å². The average Bonchev–Trinajstić information content (AvgIpc) is 3.00. The summed E-state index contributed by atoms with van der Waals surface area (Å²) >= 11 is 0. The number of nitrogens with one attached hydrogen (secondary N) is 1. The van der Waals surface area contributed by atoms with E-state index in [0.29, 0.717) is 24.7 Å². The van der Waals surface area contributed by atoms with Crippen LogP contribution in [-0.4, -0.2) is 22.6 Å². The molecule has 1 aromatic rings. The molecule has 1 aliphatic carbocycles. The molecule has 0 atom stereocenters. The first-order valence-electron chi connectivity index (χ1n) is 6.15. The van der Waals surface area contributed by atoms with Crippen LogP contribution in [-0.2, 0) is 6.54 Å². The Labute approximate surface area is 106 Å². The van der Waals surface area contributed by atoms with Crippen molar-refractivity contribution in [3.8, 4) is 0 Å². The summed E-state index contributed by atoms with van der Waals surface area (Å²) in [7, 11) is 0. The number of hydrogen-bond donors (Lipinski definition) is 3. The lowest BCUT2D eigenvalue weighted by atomic mass is 10.0. The van der Waals surface area contributed by atoms with E-state index >= 15 is 0 Å². The van der Waals surface area contributed by atoms with Crippen molar-refractivity contribution in [1.29, 1.82) is 0 Å². The molecule has 100 valence electrons. The van der Waals surface area contributed by atoms with Crippen LogP contribution in [0, 0.1) is 19.3 Å². The predicted octanol–water partition coefficient (Wildman–Crippen LogP) is 1.30. The van der Waals surface area contributed by atoms with Crippen molar-refractivity contribution in [1.82, 2.24) is 10.3 Å². The summed E-state index contributed by atoms with van der Waals surface area (Å²) in [5, 5.41) is 14.9. The Balaban J connectivity index is 1.78. The summed E-state index contributed by atoms with van der Waals surface area (Å²) in [5.41, 5.74) is 6.64. The minimum atomic E-state index is 0.160. The van der Waals surface area contributed by atoms with Crippen molar-refractivity contribution in [2.45, 2.75) is 39.7 Å². The molecule has 1 heterocycles. The van der Waals surface area contributed by atoms with Crippen LogP contribution in [0.4, 0.5) is 0 Å². The second-order valence-electron chi connectivity index (χ2n) is 5.12. The summed E-state index contributed by atoms with van der Waals surface area (Å²) in [6.07, 6.45) is 2.86. The van der Waals surface area contributed by atoms with E-state index in [4.69, 9.17) is 15.4 Å². The highest BCUT2D eigenvalue weighted by atomic mass is 16.4. The van der Waals surface area contributed by atoms with Gasteiger partial charge in [0.25, 0.3) is 0 Å². The van der Waals surface area contributed by atoms with Crippen molar-refractivity contribution in [3.05, 3.63) is 17.3 Å². The molecule has 1 aromatic heterocycles. The van der Waals surface area contributed by atoms with Gasteiger partial charge in [0, 0.05) is 13.0 Å². The third kappa shape index (κ3) is 3.01. The third-order valence-electron chi connectivity index (χ3n) is 3.49. The maximum Gasteiger partial charge on any atom is 0.208 e. The second-order valence-corrected chi connectivity index (χ2v) is 5.12. The monoisotopic (exact) mass is 252 g/mol. The highest BCUT2D eigenvalue weighted by molar-refractivity contribution is 5.80. The van der Waals surface area contributed by atoms with Crippen LogP contribution in [0.3, 0.4) is 0 Å². The van der Waals surface area contributed by atoms with Crippen molar-refractivity contribution >= 4 is 5.84 Å². The molecule has 0 saturated heterocycles. The van der Waals surface area contributed by atoms with Crippen LogP contribution in [0.15, 0.2) is 9.57 Å². The fraction of sp³-hybridized carbons (Fsp3) is 0.667. The van der Waals surface area contributed by atoms with Gasteiger partial charge >= 0.3 is 0 Å². The topological polar surface area (TPSA) is 96.7 Å². The Morgan fingerprint density at radius 1 is 1.56 bits per heavy atom. The number of amidine groups is 1. The zero-order valence-corrected chi connectivity index (χ0v) is 10.9. The molecule has 4 N–H and O–H groups in total. The number of nitrogens with two attached hydrogens (primary N) is 1. The maximum absolute atomic E-state index is 8.58. The normalized spacial score (nSPS) is 18.0. The molecule has 18 heavy (non-hydrogen) atoms. The number of nitrogens with zero attached hydrogens (tertiary/aromatic N) is 2. The molecule has 1 aliphatic rings. The van der Waals surface area contributed by atoms with Crippen LogP contribution >= 0.6 is 0 Å². The molecular weight excluding hydrogens is 232 g/mol. The van der Waals surface area contributed by atoms with E-state index in [1.807, 2.05) is 13.8 Å². The highest BCUT2D eigenvalue weighted by Crippen LogP contribution is 2.48. The van der Waals surface area contributed by atoms with E-state index in [-0.39, 0.29) is 5.41 Å². The molecule has 0 aromatic carbocycles. The first-order valence-corrected chi connectivity index (χ1v) is 6.15. The smallest absolute Gasteiger partial charge is 0.208 e. The van der Waals surface area contributed by atoms with E-state index in [1.165, 1.54) is 0 Å². The van der Waals surface area contributed by atoms with Crippen molar-refractivity contribution in [3.63, 3.8) is 0 Å². The Hall–Kier alpha value is -1.56. The molecule has 1 saturated carbocycles. The lowest BCUT2D eigenvalue weighted by Crippen LogP contribution is -2.28. The SMILES string of the molecule is Cc1nc(CNCC2(CC(N)=NO)CC2)oc1C. The maximum atomic E-state index is 8.58. The third-order valence-corrected chi connectivity index (χ3v) is 3.49. The largest absolute Gasteiger partial charge is 0.444 e. The molecule has 6 heteroatoms. The number of oxazole rings is 1. The van der Waals surface area contributed by atoms with Gasteiger partial charge in [-0.1, -0.05) is 5.16 Å². The van der Waals surface area contributed by atoms with Crippen LogP contribution in [0.1, 0.15) is 36.6 Å². The van der Waals surface area contributed by atoms with Gasteiger partial charge in [0.2, 0.25) is 5.89 Å². The number of aromatic nitrogens is 1. The minimum absolute atomic E-state index is 0.160. The molecule has 2 rings (SSSR count). The summed E-state index contributed by atoms with van der Waals surface area (Å²) in [5.74, 6) is 1.88. The summed E-state index contributed by atoms with van der Waals surface area (Å²) in [6, 6.07) is 0. The lowest BCUT2D eigenvalue weighted by molar-refractivity contribution is 0.314. The van der Waals surface area contributed by atoms with Gasteiger partial charge in [-0.05, 0) is 32.1 Å². The highest BCUT2D eigenvalue weighted by Gasteiger charge is 2.42. The van der Waals surface area contributed by atoms with Gasteiger partial charge in [0.05, 0.1) is 12.2 Å². The molecular formula is C12H20N4O2. The van der Waals surface area contributed by atoms with Crippen molar-refractivity contribution < 1.29 is 9.62 Å². The lowest BCUT2D eigenvalue weighted by Gasteiger charge is -2.14. The number of rotatable bonds is 6. The van der Waals surface area contributed by atoms with Gasteiger partial charge in [-0.3, -0.25) is 0 Å². The van der Waals surface area contributed by atoms with Crippen LogP contribution in [0.5, 0.6) is 0 Å². The quantitative estimate of drug-likeness (QED) is 0.307. The Kier molecular flexibility index (Phi) is 3.56. The minimum Gasteiger partial charge on any atom is -0.444 e. The van der Waals surface area contributed by atoms with E-state index in [0.717, 1.165) is 30.8 Å². The summed E-state index contributed by atoms with van der Waals surface area (Å²) in [4.78, 5) is 4.31. The van der Waals surface area contributed by atoms with E-state index in [2.05, 4.69) is 15.5 Å². The molecule has 0 aliphatic heterocycles. The van der Waals surface area contributed by atoms with Gasteiger partial charge < -0.3 is 20.7 Å². The molecule has 0 spiro atoms. The Morgan fingerprint density at radius 3 is 2.78 bits per heavy atom. The first kappa shape index (κ1) is 12.9. The van der Waals surface area contributed by atoms with Gasteiger partial charge in [0.1, 0.15) is 11.6 Å². The van der Waals surface area contributed by atoms with Crippen LogP contribution in [0.2, 0.25) is 0 Å². The fourth-order valence-electron chi connectivity index (χ4n) is 2.06. The summed E-state index contributed by atoms with van der Waals surface area (Å²) in [6.45, 7) is 5.30. The molecule has 1 fully saturated rings. The second kappa shape index (κ2) is 4.97. The molecule has 0 bridgehead atoms. The zero-order chi connectivity index (χ0) is 13.2. The van der Waals surface area contributed by atoms with E-state index in [9.17, 15) is 0 Å². The number of oxime groups is 1. The standard InChI is InChI=1S/C12H20N4O2/c1-8-9(2)18-11(15-8)6-14-7-12(3-4-12)5-10(13)16-17/h14,17H,3-7H2,1-2H3,(H2,13,16). The van der Waals surface area contributed by atoms with Gasteiger partial charge in [-0.2, -0.15) is 0 Å². The van der Waals surface area contributed by atoms with Gasteiger partial charge in [0.15, 0.2) is 0 Å². The van der Waals surface area contributed by atoms with Crippen LogP contribution in [0.25, 0.3) is 0 Å². The molecule has 0 amide bonds. The van der Waals surface area contributed by atoms with Crippen molar-refractivity contribution in [2.75, 3.05) is 6.54 Å². The Morgan fingerprint density at radius 2 is 2.28 bits per heavy atom. The summed E-state index contributed by atoms with van der Waals surface area (Å²) < 4.78 is 5.49. The van der Waals surface area contributed by atoms with Crippen molar-refractivity contribution in [2.24, 2.45) is 16.3 Å². The van der Waals surface area contributed by atoms with Crippen LogP contribution < -0.4 is 11.1 Å². The number of hydrogen-bond acceptors (Lipinski definition) is 5. The molecule has 0 radical (unpaired) electrons. The first-order chi connectivity index (χ1) is 8.54. The predicted molar refractivity (Wildman–Crippen MR) is 67.4 cm³/mol. The van der Waals surface area contributed by atoms with E-state index < -0.39 is 0 Å². The van der Waals surface area contributed by atoms with Gasteiger partial charge in [-0.15, -0.1) is 0 Å². The Bertz CT molecular complexity index is 429. The fourth-order valence-corrected chi connectivity index (χ4v) is 2.06. The molecule has 0 unspecified atom stereocenters. The van der Waals surface area contributed by atoms with E-state index in [1.54, 1.807) is 0 Å². The molecule has 6 nitrogen and oxygen atoms in total.